The molecule has 0 amide bonds. The summed E-state index contributed by atoms with van der Waals surface area (Å²) in [6.07, 6.45) is 3.07. The quantitative estimate of drug-likeness (QED) is 0.744. The Bertz CT molecular complexity index is 504. The van der Waals surface area contributed by atoms with Crippen LogP contribution in [0.15, 0.2) is 24.5 Å². The number of hydrogen-bond donors (Lipinski definition) is 0. The molecule has 19 heavy (non-hydrogen) atoms. The molecule has 0 aromatic carbocycles. The molecule has 2 aromatic rings. The van der Waals surface area contributed by atoms with Gasteiger partial charge in [0.2, 0.25) is 0 Å². The highest BCUT2D eigenvalue weighted by atomic mass is 16.7. The first-order valence-electron chi connectivity index (χ1n) is 6.30. The standard InChI is InChI=1S/C13H18N4O2/c1-4-18-13(19-5-2)10-6-7-11(14-8-10)12-9-15-17(3)16-12/h6-9,13H,4-5H2,1-3H3. The van der Waals surface area contributed by atoms with E-state index in [1.807, 2.05) is 26.0 Å². The van der Waals surface area contributed by atoms with Crippen LogP contribution in [0, 0.1) is 0 Å². The van der Waals surface area contributed by atoms with E-state index < -0.39 is 0 Å². The summed E-state index contributed by atoms with van der Waals surface area (Å²) < 4.78 is 11.0. The summed E-state index contributed by atoms with van der Waals surface area (Å²) in [5.74, 6) is 0. The van der Waals surface area contributed by atoms with Crippen LogP contribution in [0.5, 0.6) is 0 Å². The zero-order chi connectivity index (χ0) is 13.7. The first-order chi connectivity index (χ1) is 9.24. The number of ether oxygens (including phenoxy) is 2. The lowest BCUT2D eigenvalue weighted by molar-refractivity contribution is -0.140. The maximum Gasteiger partial charge on any atom is 0.185 e. The van der Waals surface area contributed by atoms with Crippen LogP contribution in [0.2, 0.25) is 0 Å². The van der Waals surface area contributed by atoms with E-state index in [0.717, 1.165) is 17.0 Å². The highest BCUT2D eigenvalue weighted by Crippen LogP contribution is 2.20. The number of hydrogen-bond acceptors (Lipinski definition) is 5. The number of pyridine rings is 1. The monoisotopic (exact) mass is 262 g/mol. The van der Waals surface area contributed by atoms with E-state index in [1.165, 1.54) is 4.80 Å². The van der Waals surface area contributed by atoms with E-state index in [1.54, 1.807) is 19.4 Å². The molecule has 0 bridgehead atoms. The SMILES string of the molecule is CCOC(OCC)c1ccc(-c2cnn(C)n2)nc1. The van der Waals surface area contributed by atoms with Crippen molar-refractivity contribution < 1.29 is 9.47 Å². The second-order valence-corrected chi connectivity index (χ2v) is 3.94. The third-order valence-electron chi connectivity index (χ3n) is 2.56. The molecule has 2 heterocycles. The highest BCUT2D eigenvalue weighted by Gasteiger charge is 2.12. The van der Waals surface area contributed by atoms with Gasteiger partial charge >= 0.3 is 0 Å². The summed E-state index contributed by atoms with van der Waals surface area (Å²) in [4.78, 5) is 5.88. The van der Waals surface area contributed by atoms with E-state index in [4.69, 9.17) is 9.47 Å². The molecular weight excluding hydrogens is 244 g/mol. The Morgan fingerprint density at radius 2 is 1.84 bits per heavy atom. The van der Waals surface area contributed by atoms with Gasteiger partial charge in [0.25, 0.3) is 0 Å². The molecule has 6 heteroatoms. The molecule has 0 radical (unpaired) electrons. The smallest absolute Gasteiger partial charge is 0.185 e. The normalized spacial score (nSPS) is 11.2. The fourth-order valence-corrected chi connectivity index (χ4v) is 1.70. The molecule has 0 saturated heterocycles. The van der Waals surface area contributed by atoms with Crippen LogP contribution in [0.3, 0.4) is 0 Å². The second kappa shape index (κ2) is 6.40. The summed E-state index contributed by atoms with van der Waals surface area (Å²) in [5.41, 5.74) is 2.43. The lowest BCUT2D eigenvalue weighted by atomic mass is 10.2. The zero-order valence-electron chi connectivity index (χ0n) is 11.4. The average Bonchev–Trinajstić information content (AvgIpc) is 2.85. The first-order valence-corrected chi connectivity index (χ1v) is 6.30. The van der Waals surface area contributed by atoms with Crippen molar-refractivity contribution in [3.05, 3.63) is 30.1 Å². The molecule has 0 aliphatic rings. The van der Waals surface area contributed by atoms with Crippen molar-refractivity contribution in [2.75, 3.05) is 13.2 Å². The summed E-state index contributed by atoms with van der Waals surface area (Å²) >= 11 is 0. The van der Waals surface area contributed by atoms with Crippen LogP contribution >= 0.6 is 0 Å². The molecule has 0 spiro atoms. The summed E-state index contributed by atoms with van der Waals surface area (Å²) in [7, 11) is 1.78. The molecule has 2 rings (SSSR count). The van der Waals surface area contributed by atoms with Crippen molar-refractivity contribution in [3.8, 4) is 11.4 Å². The second-order valence-electron chi connectivity index (χ2n) is 3.94. The van der Waals surface area contributed by atoms with Gasteiger partial charge in [0.15, 0.2) is 6.29 Å². The molecular formula is C13H18N4O2. The Hall–Kier alpha value is -1.79. The van der Waals surface area contributed by atoms with Gasteiger partial charge < -0.3 is 9.47 Å². The van der Waals surface area contributed by atoms with Crippen molar-refractivity contribution in [1.29, 1.82) is 0 Å². The topological polar surface area (TPSA) is 62.1 Å². The van der Waals surface area contributed by atoms with Gasteiger partial charge in [0.1, 0.15) is 5.69 Å². The minimum absolute atomic E-state index is 0.363. The molecule has 0 N–H and O–H groups in total. The van der Waals surface area contributed by atoms with Gasteiger partial charge in [-0.25, -0.2) is 0 Å². The zero-order valence-corrected chi connectivity index (χ0v) is 11.4. The maximum atomic E-state index is 5.52. The van der Waals surface area contributed by atoms with Gasteiger partial charge in [-0.05, 0) is 19.9 Å². The van der Waals surface area contributed by atoms with E-state index >= 15 is 0 Å². The number of rotatable bonds is 6. The Labute approximate surface area is 112 Å². The van der Waals surface area contributed by atoms with Crippen LogP contribution < -0.4 is 0 Å². The highest BCUT2D eigenvalue weighted by molar-refractivity contribution is 5.51. The number of aryl methyl sites for hydroxylation is 1. The van der Waals surface area contributed by atoms with Crippen LogP contribution in [-0.2, 0) is 16.5 Å². The minimum Gasteiger partial charge on any atom is -0.349 e. The van der Waals surface area contributed by atoms with Crippen LogP contribution in [0.1, 0.15) is 25.7 Å². The average molecular weight is 262 g/mol. The molecule has 0 atom stereocenters. The molecule has 2 aromatic heterocycles. The van der Waals surface area contributed by atoms with Crippen molar-refractivity contribution in [1.82, 2.24) is 20.0 Å². The van der Waals surface area contributed by atoms with E-state index in [0.29, 0.717) is 13.2 Å². The molecule has 0 aliphatic heterocycles. The van der Waals surface area contributed by atoms with Gasteiger partial charge in [-0.15, -0.1) is 0 Å². The van der Waals surface area contributed by atoms with E-state index in [2.05, 4.69) is 15.2 Å². The van der Waals surface area contributed by atoms with Crippen LogP contribution in [0.4, 0.5) is 0 Å². The van der Waals surface area contributed by atoms with Gasteiger partial charge in [-0.1, -0.05) is 6.07 Å². The predicted molar refractivity (Wildman–Crippen MR) is 70.2 cm³/mol. The maximum absolute atomic E-state index is 5.52. The lowest BCUT2D eigenvalue weighted by Crippen LogP contribution is -2.09. The van der Waals surface area contributed by atoms with Crippen LogP contribution in [0.25, 0.3) is 11.4 Å². The summed E-state index contributed by atoms with van der Waals surface area (Å²) in [6, 6.07) is 3.83. The van der Waals surface area contributed by atoms with E-state index in [-0.39, 0.29) is 6.29 Å². The van der Waals surface area contributed by atoms with Crippen molar-refractivity contribution in [2.24, 2.45) is 7.05 Å². The molecule has 6 nitrogen and oxygen atoms in total. The van der Waals surface area contributed by atoms with Crippen molar-refractivity contribution in [2.45, 2.75) is 20.1 Å². The third-order valence-corrected chi connectivity index (χ3v) is 2.56. The fourth-order valence-electron chi connectivity index (χ4n) is 1.70. The Morgan fingerprint density at radius 3 is 2.32 bits per heavy atom. The Balaban J connectivity index is 2.17. The predicted octanol–water partition coefficient (Wildman–Crippen LogP) is 1.95. The molecule has 0 aliphatic carbocycles. The number of aromatic nitrogens is 4. The lowest BCUT2D eigenvalue weighted by Gasteiger charge is -2.16. The third kappa shape index (κ3) is 3.36. The first kappa shape index (κ1) is 13.6. The fraction of sp³-hybridized carbons (Fsp3) is 0.462. The molecule has 0 saturated carbocycles. The Morgan fingerprint density at radius 1 is 1.11 bits per heavy atom. The molecule has 0 fully saturated rings. The van der Waals surface area contributed by atoms with Gasteiger partial charge in [-0.2, -0.15) is 15.0 Å². The largest absolute Gasteiger partial charge is 0.349 e. The van der Waals surface area contributed by atoms with E-state index in [9.17, 15) is 0 Å². The molecule has 102 valence electrons. The van der Waals surface area contributed by atoms with Gasteiger partial charge in [-0.3, -0.25) is 4.98 Å². The minimum atomic E-state index is -0.363. The van der Waals surface area contributed by atoms with Gasteiger partial charge in [0.05, 0.1) is 11.9 Å². The van der Waals surface area contributed by atoms with Gasteiger partial charge in [0, 0.05) is 32.0 Å². The summed E-state index contributed by atoms with van der Waals surface area (Å²) in [6.45, 7) is 5.06. The summed E-state index contributed by atoms with van der Waals surface area (Å²) in [5, 5.41) is 8.23. The number of nitrogens with zero attached hydrogens (tertiary/aromatic N) is 4. The molecule has 0 unspecified atom stereocenters. The van der Waals surface area contributed by atoms with Crippen molar-refractivity contribution in [3.63, 3.8) is 0 Å². The Kier molecular flexibility index (Phi) is 4.59. The van der Waals surface area contributed by atoms with Crippen molar-refractivity contribution >= 4 is 0 Å². The van der Waals surface area contributed by atoms with Crippen LogP contribution in [-0.4, -0.2) is 33.2 Å².